The molecular weight excluding hydrogens is 311 g/mol. The van der Waals surface area contributed by atoms with Gasteiger partial charge in [0.25, 0.3) is 5.91 Å². The first-order valence-corrected chi connectivity index (χ1v) is 6.15. The van der Waals surface area contributed by atoms with E-state index in [4.69, 9.17) is 40.5 Å². The third-order valence-electron chi connectivity index (χ3n) is 2.22. The molecule has 19 heavy (non-hydrogen) atoms. The summed E-state index contributed by atoms with van der Waals surface area (Å²) in [6, 6.07) is 4.55. The van der Waals surface area contributed by atoms with Crippen LogP contribution in [0.1, 0.15) is 10.4 Å². The van der Waals surface area contributed by atoms with Gasteiger partial charge in [-0.2, -0.15) is 0 Å². The minimum Gasteiger partial charge on any atom is -0.399 e. The highest BCUT2D eigenvalue weighted by Crippen LogP contribution is 2.26. The summed E-state index contributed by atoms with van der Waals surface area (Å²) in [6.07, 6.45) is 1.19. The van der Waals surface area contributed by atoms with Gasteiger partial charge in [-0.1, -0.05) is 34.8 Å². The molecule has 98 valence electrons. The van der Waals surface area contributed by atoms with Crippen molar-refractivity contribution in [1.82, 2.24) is 9.97 Å². The lowest BCUT2D eigenvalue weighted by molar-refractivity contribution is 0.102. The molecule has 0 saturated heterocycles. The Kier molecular flexibility index (Phi) is 4.09. The number of rotatable bonds is 2. The molecule has 3 N–H and O–H groups in total. The number of nitrogens with two attached hydrogens (primary N) is 1. The van der Waals surface area contributed by atoms with E-state index in [0.29, 0.717) is 5.69 Å². The highest BCUT2D eigenvalue weighted by Gasteiger charge is 2.14. The van der Waals surface area contributed by atoms with Gasteiger partial charge in [0.2, 0.25) is 0 Å². The van der Waals surface area contributed by atoms with Crippen LogP contribution in [0.3, 0.4) is 0 Å². The number of nitrogen functional groups attached to an aromatic ring is 1. The van der Waals surface area contributed by atoms with Gasteiger partial charge in [-0.15, -0.1) is 0 Å². The predicted octanol–water partition coefficient (Wildman–Crippen LogP) is 3.27. The van der Waals surface area contributed by atoms with Crippen LogP contribution in [0.2, 0.25) is 15.2 Å². The Morgan fingerprint density at radius 1 is 1.21 bits per heavy atom. The highest BCUT2D eigenvalue weighted by molar-refractivity contribution is 6.43. The van der Waals surface area contributed by atoms with Crippen molar-refractivity contribution in [2.45, 2.75) is 0 Å². The number of hydrogen-bond donors (Lipinski definition) is 2. The Balaban J connectivity index is 2.28. The summed E-state index contributed by atoms with van der Waals surface area (Å²) in [5.74, 6) is -0.360. The zero-order valence-corrected chi connectivity index (χ0v) is 11.6. The molecule has 0 aliphatic heterocycles. The van der Waals surface area contributed by atoms with Crippen LogP contribution in [0.25, 0.3) is 0 Å². The second kappa shape index (κ2) is 5.61. The zero-order chi connectivity index (χ0) is 14.0. The fourth-order valence-electron chi connectivity index (χ4n) is 1.33. The number of nitrogens with one attached hydrogen (secondary N) is 1. The lowest BCUT2D eigenvalue weighted by Gasteiger charge is -2.08. The fraction of sp³-hybridized carbons (Fsp3) is 0. The smallest absolute Gasteiger partial charge is 0.258 e. The summed E-state index contributed by atoms with van der Waals surface area (Å²) >= 11 is 17.5. The molecule has 2 aromatic rings. The van der Waals surface area contributed by atoms with Crippen molar-refractivity contribution in [3.05, 3.63) is 45.3 Å². The molecule has 0 spiro atoms. The van der Waals surface area contributed by atoms with E-state index < -0.39 is 5.91 Å². The Morgan fingerprint density at radius 3 is 2.63 bits per heavy atom. The third kappa shape index (κ3) is 3.07. The molecule has 0 radical (unpaired) electrons. The van der Waals surface area contributed by atoms with Gasteiger partial charge < -0.3 is 11.1 Å². The summed E-state index contributed by atoms with van der Waals surface area (Å²) in [4.78, 5) is 19.5. The first-order valence-electron chi connectivity index (χ1n) is 5.01. The van der Waals surface area contributed by atoms with Crippen LogP contribution in [-0.2, 0) is 0 Å². The molecular formula is C11H7Cl3N4O. The van der Waals surface area contributed by atoms with E-state index >= 15 is 0 Å². The second-order valence-corrected chi connectivity index (χ2v) is 4.66. The molecule has 5 nitrogen and oxygen atoms in total. The lowest BCUT2D eigenvalue weighted by Crippen LogP contribution is -2.14. The van der Waals surface area contributed by atoms with Crippen LogP contribution in [0.15, 0.2) is 24.5 Å². The van der Waals surface area contributed by atoms with Gasteiger partial charge in [0.15, 0.2) is 11.0 Å². The van der Waals surface area contributed by atoms with Crippen molar-refractivity contribution in [2.75, 3.05) is 11.1 Å². The molecule has 1 aromatic heterocycles. The van der Waals surface area contributed by atoms with E-state index in [2.05, 4.69) is 15.3 Å². The lowest BCUT2D eigenvalue weighted by atomic mass is 10.2. The summed E-state index contributed by atoms with van der Waals surface area (Å²) in [6.45, 7) is 0. The number of hydrogen-bond acceptors (Lipinski definition) is 4. The quantitative estimate of drug-likeness (QED) is 0.658. The molecule has 1 amide bonds. The van der Waals surface area contributed by atoms with Crippen LogP contribution >= 0.6 is 34.8 Å². The second-order valence-electron chi connectivity index (χ2n) is 3.52. The van der Waals surface area contributed by atoms with Crippen molar-refractivity contribution in [2.24, 2.45) is 0 Å². The first-order chi connectivity index (χ1) is 8.99. The molecule has 1 heterocycles. The number of nitrogens with zero attached hydrogens (tertiary/aromatic N) is 2. The average Bonchev–Trinajstić information content (AvgIpc) is 2.34. The summed E-state index contributed by atoms with van der Waals surface area (Å²) in [7, 11) is 0. The molecule has 0 saturated carbocycles. The number of benzene rings is 1. The minimum atomic E-state index is -0.471. The standard InChI is InChI=1S/C11H7Cl3N4O/c12-7-3-5(15)1-2-6(7)11(19)18-10-8(13)9(14)16-4-17-10/h1-4H,15H2,(H,16,17,18,19). The number of carbonyl (C=O) groups is 1. The molecule has 1 aromatic carbocycles. The SMILES string of the molecule is Nc1ccc(C(=O)Nc2ncnc(Cl)c2Cl)c(Cl)c1. The maximum Gasteiger partial charge on any atom is 0.258 e. The zero-order valence-electron chi connectivity index (χ0n) is 9.32. The largest absolute Gasteiger partial charge is 0.399 e. The molecule has 0 aliphatic rings. The Bertz CT molecular complexity index is 648. The Labute approximate surface area is 123 Å². The molecule has 0 fully saturated rings. The van der Waals surface area contributed by atoms with Gasteiger partial charge in [-0.3, -0.25) is 4.79 Å². The fourth-order valence-corrected chi connectivity index (χ4v) is 1.88. The van der Waals surface area contributed by atoms with Gasteiger partial charge >= 0.3 is 0 Å². The maximum atomic E-state index is 12.0. The van der Waals surface area contributed by atoms with E-state index in [9.17, 15) is 4.79 Å². The van der Waals surface area contributed by atoms with Crippen molar-refractivity contribution in [1.29, 1.82) is 0 Å². The van der Waals surface area contributed by atoms with Crippen LogP contribution in [0, 0.1) is 0 Å². The molecule has 0 bridgehead atoms. The molecule has 0 unspecified atom stereocenters. The number of anilines is 2. The van der Waals surface area contributed by atoms with E-state index in [1.807, 2.05) is 0 Å². The van der Waals surface area contributed by atoms with Crippen LogP contribution in [-0.4, -0.2) is 15.9 Å². The van der Waals surface area contributed by atoms with Gasteiger partial charge in [-0.05, 0) is 18.2 Å². The highest BCUT2D eigenvalue weighted by atomic mass is 35.5. The minimum absolute atomic E-state index is 0.0513. The number of halogens is 3. The summed E-state index contributed by atoms with van der Waals surface area (Å²) in [5.41, 5.74) is 6.26. The Morgan fingerprint density at radius 2 is 1.95 bits per heavy atom. The molecule has 2 rings (SSSR count). The van der Waals surface area contributed by atoms with E-state index in [1.165, 1.54) is 18.5 Å². The van der Waals surface area contributed by atoms with E-state index in [-0.39, 0.29) is 26.6 Å². The van der Waals surface area contributed by atoms with Crippen LogP contribution in [0.4, 0.5) is 11.5 Å². The molecule has 8 heteroatoms. The first kappa shape index (κ1) is 13.9. The van der Waals surface area contributed by atoms with E-state index in [1.54, 1.807) is 6.07 Å². The van der Waals surface area contributed by atoms with Crippen molar-refractivity contribution in [3.8, 4) is 0 Å². The van der Waals surface area contributed by atoms with Crippen molar-refractivity contribution in [3.63, 3.8) is 0 Å². The third-order valence-corrected chi connectivity index (χ3v) is 3.27. The van der Waals surface area contributed by atoms with E-state index in [0.717, 1.165) is 0 Å². The normalized spacial score (nSPS) is 10.3. The monoisotopic (exact) mass is 316 g/mol. The van der Waals surface area contributed by atoms with Gasteiger partial charge in [0.05, 0.1) is 10.6 Å². The Hall–Kier alpha value is -1.56. The summed E-state index contributed by atoms with van der Waals surface area (Å²) in [5, 5.41) is 2.84. The molecule has 0 atom stereocenters. The number of carbonyl (C=O) groups excluding carboxylic acids is 1. The van der Waals surface area contributed by atoms with Crippen molar-refractivity contribution < 1.29 is 4.79 Å². The predicted molar refractivity (Wildman–Crippen MR) is 75.9 cm³/mol. The number of aromatic nitrogens is 2. The van der Waals surface area contributed by atoms with Crippen LogP contribution in [0.5, 0.6) is 0 Å². The summed E-state index contributed by atoms with van der Waals surface area (Å²) < 4.78 is 0. The maximum absolute atomic E-state index is 12.0. The van der Waals surface area contributed by atoms with Gasteiger partial charge in [0.1, 0.15) is 11.3 Å². The molecule has 0 aliphatic carbocycles. The number of amides is 1. The van der Waals surface area contributed by atoms with Gasteiger partial charge in [0, 0.05) is 5.69 Å². The van der Waals surface area contributed by atoms with Gasteiger partial charge in [-0.25, -0.2) is 9.97 Å². The topological polar surface area (TPSA) is 80.9 Å². The average molecular weight is 318 g/mol. The van der Waals surface area contributed by atoms with Crippen LogP contribution < -0.4 is 11.1 Å². The van der Waals surface area contributed by atoms with Crippen molar-refractivity contribution >= 4 is 52.2 Å².